The molecule has 0 radical (unpaired) electrons. The number of aryl methyl sites for hydroxylation is 2. The second kappa shape index (κ2) is 7.30. The minimum Gasteiger partial charge on any atom is -0.496 e. The van der Waals surface area contributed by atoms with Crippen molar-refractivity contribution in [1.29, 1.82) is 0 Å². The molecule has 0 N–H and O–H groups in total. The van der Waals surface area contributed by atoms with Crippen LogP contribution in [0, 0.1) is 27.7 Å². The van der Waals surface area contributed by atoms with E-state index in [0.29, 0.717) is 12.6 Å². The number of amides is 1. The SMILES string of the molecule is COc1c(C)cnc(CN(C)C(=O)c2cc(C)n(C(C)C)c2C)c1C. The Balaban J connectivity index is 2.29. The minimum absolute atomic E-state index is 0.0146. The fraction of sp³-hybridized carbons (Fsp3) is 0.500. The van der Waals surface area contributed by atoms with Gasteiger partial charge in [-0.2, -0.15) is 0 Å². The highest BCUT2D eigenvalue weighted by Crippen LogP contribution is 2.26. The van der Waals surface area contributed by atoms with Crippen molar-refractivity contribution in [1.82, 2.24) is 14.5 Å². The third-order valence-corrected chi connectivity index (χ3v) is 4.71. The van der Waals surface area contributed by atoms with E-state index in [4.69, 9.17) is 4.74 Å². The molecule has 0 atom stereocenters. The van der Waals surface area contributed by atoms with E-state index in [9.17, 15) is 4.79 Å². The summed E-state index contributed by atoms with van der Waals surface area (Å²) >= 11 is 0. The van der Waals surface area contributed by atoms with Gasteiger partial charge in [-0.15, -0.1) is 0 Å². The second-order valence-corrected chi connectivity index (χ2v) is 6.96. The van der Waals surface area contributed by atoms with Gasteiger partial charge in [-0.25, -0.2) is 0 Å². The number of carbonyl (C=O) groups excluding carboxylic acids is 1. The van der Waals surface area contributed by atoms with Gasteiger partial charge in [-0.3, -0.25) is 9.78 Å². The molecule has 5 heteroatoms. The maximum atomic E-state index is 12.9. The smallest absolute Gasteiger partial charge is 0.255 e. The molecule has 0 saturated carbocycles. The standard InChI is InChI=1S/C20H29N3O2/c1-12(2)23-14(4)9-17(16(23)6)20(24)22(7)11-18-15(5)19(25-8)13(3)10-21-18/h9-10,12H,11H2,1-8H3. The van der Waals surface area contributed by atoms with E-state index in [0.717, 1.165) is 39.5 Å². The molecule has 0 aliphatic heterocycles. The number of nitrogens with zero attached hydrogens (tertiary/aromatic N) is 3. The Morgan fingerprint density at radius 1 is 1.28 bits per heavy atom. The Kier molecular flexibility index (Phi) is 5.55. The van der Waals surface area contributed by atoms with Gasteiger partial charge in [0.25, 0.3) is 5.91 Å². The Hall–Kier alpha value is -2.30. The summed E-state index contributed by atoms with van der Waals surface area (Å²) in [4.78, 5) is 19.2. The highest BCUT2D eigenvalue weighted by Gasteiger charge is 2.21. The molecule has 0 bridgehead atoms. The lowest BCUT2D eigenvalue weighted by Crippen LogP contribution is -2.27. The summed E-state index contributed by atoms with van der Waals surface area (Å²) in [5.74, 6) is 0.851. The molecule has 136 valence electrons. The normalized spacial score (nSPS) is 11.1. The van der Waals surface area contributed by atoms with E-state index >= 15 is 0 Å². The average molecular weight is 343 g/mol. The van der Waals surface area contributed by atoms with Crippen LogP contribution < -0.4 is 4.74 Å². The first-order valence-electron chi connectivity index (χ1n) is 8.62. The number of methoxy groups -OCH3 is 1. The first-order valence-corrected chi connectivity index (χ1v) is 8.62. The van der Waals surface area contributed by atoms with Crippen molar-refractivity contribution in [3.05, 3.63) is 46.0 Å². The van der Waals surface area contributed by atoms with Crippen LogP contribution in [0.15, 0.2) is 12.3 Å². The molecule has 0 aliphatic carbocycles. The van der Waals surface area contributed by atoms with Gasteiger partial charge in [0.05, 0.1) is 24.9 Å². The highest BCUT2D eigenvalue weighted by molar-refractivity contribution is 5.95. The third-order valence-electron chi connectivity index (χ3n) is 4.71. The van der Waals surface area contributed by atoms with Gasteiger partial charge in [0.15, 0.2) is 0 Å². The Morgan fingerprint density at radius 3 is 2.44 bits per heavy atom. The number of rotatable bonds is 5. The van der Waals surface area contributed by atoms with Crippen molar-refractivity contribution < 1.29 is 9.53 Å². The van der Waals surface area contributed by atoms with Gasteiger partial charge < -0.3 is 14.2 Å². The van der Waals surface area contributed by atoms with Gasteiger partial charge in [-0.1, -0.05) is 0 Å². The second-order valence-electron chi connectivity index (χ2n) is 6.96. The number of aromatic nitrogens is 2. The van der Waals surface area contributed by atoms with Crippen molar-refractivity contribution in [2.75, 3.05) is 14.2 Å². The number of carbonyl (C=O) groups is 1. The number of hydrogen-bond acceptors (Lipinski definition) is 3. The lowest BCUT2D eigenvalue weighted by atomic mass is 10.1. The largest absolute Gasteiger partial charge is 0.496 e. The summed E-state index contributed by atoms with van der Waals surface area (Å²) in [5.41, 5.74) is 5.71. The zero-order valence-electron chi connectivity index (χ0n) is 16.6. The van der Waals surface area contributed by atoms with Crippen LogP contribution in [-0.2, 0) is 6.54 Å². The Morgan fingerprint density at radius 2 is 1.92 bits per heavy atom. The van der Waals surface area contributed by atoms with Gasteiger partial charge in [0.2, 0.25) is 0 Å². The number of ether oxygens (including phenoxy) is 1. The molecule has 0 aromatic carbocycles. The van der Waals surface area contributed by atoms with Crippen molar-refractivity contribution in [3.63, 3.8) is 0 Å². The quantitative estimate of drug-likeness (QED) is 0.825. The summed E-state index contributed by atoms with van der Waals surface area (Å²) in [5, 5.41) is 0. The number of pyridine rings is 1. The third kappa shape index (κ3) is 3.55. The zero-order chi connectivity index (χ0) is 18.9. The Bertz CT molecular complexity index is 791. The van der Waals surface area contributed by atoms with Crippen LogP contribution in [0.25, 0.3) is 0 Å². The molecule has 0 unspecified atom stereocenters. The molecule has 2 aromatic rings. The summed E-state index contributed by atoms with van der Waals surface area (Å²) in [6, 6.07) is 2.31. The van der Waals surface area contributed by atoms with Crippen molar-refractivity contribution in [2.45, 2.75) is 54.1 Å². The molecule has 5 nitrogen and oxygen atoms in total. The minimum atomic E-state index is 0.0146. The van der Waals surface area contributed by atoms with Crippen molar-refractivity contribution in [2.24, 2.45) is 0 Å². The molecule has 0 spiro atoms. The molecule has 2 heterocycles. The first kappa shape index (κ1) is 19.0. The number of hydrogen-bond donors (Lipinski definition) is 0. The van der Waals surface area contributed by atoms with Crippen molar-refractivity contribution in [3.8, 4) is 5.75 Å². The fourth-order valence-corrected chi connectivity index (χ4v) is 3.52. The van der Waals surface area contributed by atoms with E-state index in [-0.39, 0.29) is 5.91 Å². The molecule has 25 heavy (non-hydrogen) atoms. The van der Waals surface area contributed by atoms with Gasteiger partial charge in [0.1, 0.15) is 5.75 Å². The molecular formula is C20H29N3O2. The molecular weight excluding hydrogens is 314 g/mol. The van der Waals surface area contributed by atoms with E-state index in [1.54, 1.807) is 18.2 Å². The predicted octanol–water partition coefficient (Wildman–Crippen LogP) is 3.98. The van der Waals surface area contributed by atoms with Gasteiger partial charge in [0, 0.05) is 41.8 Å². The van der Waals surface area contributed by atoms with E-state index < -0.39 is 0 Å². The molecule has 0 fully saturated rings. The molecule has 2 aromatic heterocycles. The first-order chi connectivity index (χ1) is 11.7. The van der Waals surface area contributed by atoms with Crippen molar-refractivity contribution >= 4 is 5.91 Å². The highest BCUT2D eigenvalue weighted by atomic mass is 16.5. The summed E-state index contributed by atoms with van der Waals surface area (Å²) in [7, 11) is 3.48. The van der Waals surface area contributed by atoms with Gasteiger partial charge in [-0.05, 0) is 47.6 Å². The maximum absolute atomic E-state index is 12.9. The Labute approximate surface area is 150 Å². The van der Waals surface area contributed by atoms with E-state index in [1.807, 2.05) is 40.8 Å². The van der Waals surface area contributed by atoms with Crippen LogP contribution in [0.5, 0.6) is 5.75 Å². The molecule has 0 aliphatic rings. The van der Waals surface area contributed by atoms with Crippen LogP contribution in [0.2, 0.25) is 0 Å². The monoisotopic (exact) mass is 343 g/mol. The summed E-state index contributed by atoms with van der Waals surface area (Å²) in [6.07, 6.45) is 1.80. The molecule has 1 amide bonds. The lowest BCUT2D eigenvalue weighted by molar-refractivity contribution is 0.0782. The predicted molar refractivity (Wildman–Crippen MR) is 100 cm³/mol. The van der Waals surface area contributed by atoms with Crippen LogP contribution in [0.1, 0.15) is 58.5 Å². The summed E-state index contributed by atoms with van der Waals surface area (Å²) in [6.45, 7) is 12.7. The van der Waals surface area contributed by atoms with E-state index in [2.05, 4.69) is 23.4 Å². The maximum Gasteiger partial charge on any atom is 0.255 e. The average Bonchev–Trinajstić information content (AvgIpc) is 2.84. The molecule has 2 rings (SSSR count). The fourth-order valence-electron chi connectivity index (χ4n) is 3.52. The van der Waals surface area contributed by atoms with Crippen LogP contribution in [0.4, 0.5) is 0 Å². The van der Waals surface area contributed by atoms with Crippen LogP contribution >= 0.6 is 0 Å². The zero-order valence-corrected chi connectivity index (χ0v) is 16.6. The lowest BCUT2D eigenvalue weighted by Gasteiger charge is -2.20. The van der Waals surface area contributed by atoms with Crippen LogP contribution in [-0.4, -0.2) is 34.5 Å². The van der Waals surface area contributed by atoms with Crippen LogP contribution in [0.3, 0.4) is 0 Å². The summed E-state index contributed by atoms with van der Waals surface area (Å²) < 4.78 is 7.65. The molecule has 0 saturated heterocycles. The van der Waals surface area contributed by atoms with E-state index in [1.165, 1.54) is 0 Å². The topological polar surface area (TPSA) is 47.4 Å². The van der Waals surface area contributed by atoms with Gasteiger partial charge >= 0.3 is 0 Å².